The predicted molar refractivity (Wildman–Crippen MR) is 78.9 cm³/mol. The van der Waals surface area contributed by atoms with Gasteiger partial charge in [0.1, 0.15) is 11.9 Å². The number of hydrazine groups is 1. The van der Waals surface area contributed by atoms with E-state index in [0.29, 0.717) is 0 Å². The van der Waals surface area contributed by atoms with Crippen molar-refractivity contribution in [2.75, 3.05) is 0 Å². The highest BCUT2D eigenvalue weighted by atomic mass is 32.1. The molecule has 1 aromatic carbocycles. The van der Waals surface area contributed by atoms with Crippen LogP contribution in [-0.4, -0.2) is 9.55 Å². The Morgan fingerprint density at radius 1 is 1.42 bits per heavy atom. The van der Waals surface area contributed by atoms with Gasteiger partial charge in [-0.05, 0) is 29.3 Å². The van der Waals surface area contributed by atoms with Crippen LogP contribution >= 0.6 is 11.3 Å². The van der Waals surface area contributed by atoms with Gasteiger partial charge in [0, 0.05) is 23.6 Å². The van der Waals surface area contributed by atoms with E-state index >= 15 is 0 Å². The molecule has 19 heavy (non-hydrogen) atoms. The number of nitrogens with zero attached hydrogens (tertiary/aromatic N) is 2. The number of rotatable bonds is 4. The van der Waals surface area contributed by atoms with E-state index in [-0.39, 0.29) is 6.04 Å². The monoisotopic (exact) mass is 272 g/mol. The lowest BCUT2D eigenvalue weighted by molar-refractivity contribution is 0.564. The number of nitrogens with one attached hydrogen (secondary N) is 1. The maximum absolute atomic E-state index is 5.77. The molecule has 0 spiro atoms. The fourth-order valence-corrected chi connectivity index (χ4v) is 3.36. The third-order valence-electron chi connectivity index (χ3n) is 3.34. The van der Waals surface area contributed by atoms with Crippen LogP contribution in [0.3, 0.4) is 0 Å². The maximum atomic E-state index is 5.77. The zero-order chi connectivity index (χ0) is 13.2. The molecule has 0 saturated carbocycles. The highest BCUT2D eigenvalue weighted by Crippen LogP contribution is 2.32. The maximum Gasteiger partial charge on any atom is 0.131 e. The van der Waals surface area contributed by atoms with Crippen molar-refractivity contribution in [3.63, 3.8) is 0 Å². The molecule has 0 bridgehead atoms. The van der Waals surface area contributed by atoms with Gasteiger partial charge in [0.2, 0.25) is 0 Å². The van der Waals surface area contributed by atoms with Gasteiger partial charge in [-0.25, -0.2) is 10.4 Å². The average molecular weight is 272 g/mol. The van der Waals surface area contributed by atoms with E-state index in [1.54, 1.807) is 11.3 Å². The first-order chi connectivity index (χ1) is 9.35. The van der Waals surface area contributed by atoms with Crippen molar-refractivity contribution in [1.29, 1.82) is 0 Å². The van der Waals surface area contributed by atoms with E-state index in [1.807, 2.05) is 12.4 Å². The molecule has 2 aromatic heterocycles. The lowest BCUT2D eigenvalue weighted by Gasteiger charge is -2.16. The van der Waals surface area contributed by atoms with Crippen molar-refractivity contribution in [2.45, 2.75) is 19.5 Å². The van der Waals surface area contributed by atoms with Crippen LogP contribution in [-0.2, 0) is 6.54 Å². The fraction of sp³-hybridized carbons (Fsp3) is 0.214. The molecule has 0 aliphatic rings. The van der Waals surface area contributed by atoms with Gasteiger partial charge in [0.05, 0.1) is 0 Å². The Kier molecular flexibility index (Phi) is 3.33. The molecule has 3 aromatic rings. The number of thiophene rings is 1. The van der Waals surface area contributed by atoms with E-state index in [0.717, 1.165) is 12.4 Å². The minimum Gasteiger partial charge on any atom is -0.334 e. The van der Waals surface area contributed by atoms with Crippen LogP contribution in [0.1, 0.15) is 24.4 Å². The smallest absolute Gasteiger partial charge is 0.131 e. The molecule has 0 aliphatic carbocycles. The number of fused-ring (bicyclic) bond motifs is 1. The Hall–Kier alpha value is -1.69. The summed E-state index contributed by atoms with van der Waals surface area (Å²) in [7, 11) is 0. The average Bonchev–Trinajstić information content (AvgIpc) is 3.07. The Morgan fingerprint density at radius 2 is 2.26 bits per heavy atom. The van der Waals surface area contributed by atoms with Gasteiger partial charge < -0.3 is 4.57 Å². The molecule has 1 unspecified atom stereocenters. The Morgan fingerprint density at radius 3 is 3.05 bits per heavy atom. The van der Waals surface area contributed by atoms with Crippen LogP contribution in [0.25, 0.3) is 10.1 Å². The Balaban J connectivity index is 2.12. The molecule has 0 aliphatic heterocycles. The summed E-state index contributed by atoms with van der Waals surface area (Å²) in [4.78, 5) is 4.45. The summed E-state index contributed by atoms with van der Waals surface area (Å²) < 4.78 is 3.38. The highest BCUT2D eigenvalue weighted by Gasteiger charge is 2.20. The molecular formula is C14H16N4S. The molecule has 3 rings (SSSR count). The molecule has 1 atom stereocenters. The van der Waals surface area contributed by atoms with Gasteiger partial charge in [0.15, 0.2) is 0 Å². The molecular weight excluding hydrogens is 256 g/mol. The quantitative estimate of drug-likeness (QED) is 0.567. The van der Waals surface area contributed by atoms with Crippen LogP contribution in [0.15, 0.2) is 42.0 Å². The second kappa shape index (κ2) is 5.13. The van der Waals surface area contributed by atoms with Gasteiger partial charge in [-0.2, -0.15) is 0 Å². The SMILES string of the molecule is CCn1ccnc1C(NN)c1csc2ccccc12. The van der Waals surface area contributed by atoms with Gasteiger partial charge in [-0.15, -0.1) is 11.3 Å². The Bertz CT molecular complexity index is 685. The van der Waals surface area contributed by atoms with Crippen molar-refractivity contribution in [3.05, 3.63) is 53.4 Å². The van der Waals surface area contributed by atoms with Crippen LogP contribution in [0, 0.1) is 0 Å². The zero-order valence-corrected chi connectivity index (χ0v) is 11.5. The molecule has 0 radical (unpaired) electrons. The molecule has 0 saturated heterocycles. The first kappa shape index (κ1) is 12.3. The van der Waals surface area contributed by atoms with Crippen LogP contribution < -0.4 is 11.3 Å². The van der Waals surface area contributed by atoms with Gasteiger partial charge >= 0.3 is 0 Å². The number of hydrogen-bond donors (Lipinski definition) is 2. The summed E-state index contributed by atoms with van der Waals surface area (Å²) >= 11 is 1.74. The Labute approximate surface area is 115 Å². The lowest BCUT2D eigenvalue weighted by atomic mass is 10.1. The first-order valence-electron chi connectivity index (χ1n) is 6.28. The van der Waals surface area contributed by atoms with Gasteiger partial charge in [-0.3, -0.25) is 5.84 Å². The molecule has 3 N–H and O–H groups in total. The van der Waals surface area contributed by atoms with Crippen molar-refractivity contribution in [1.82, 2.24) is 15.0 Å². The van der Waals surface area contributed by atoms with Crippen LogP contribution in [0.5, 0.6) is 0 Å². The molecule has 0 fully saturated rings. The summed E-state index contributed by atoms with van der Waals surface area (Å²) in [5.41, 5.74) is 4.08. The lowest BCUT2D eigenvalue weighted by Crippen LogP contribution is -2.30. The molecule has 0 amide bonds. The van der Waals surface area contributed by atoms with Crippen molar-refractivity contribution in [2.24, 2.45) is 5.84 Å². The fourth-order valence-electron chi connectivity index (χ4n) is 2.37. The number of imidazole rings is 1. The zero-order valence-electron chi connectivity index (χ0n) is 10.7. The van der Waals surface area contributed by atoms with Crippen LogP contribution in [0.4, 0.5) is 0 Å². The van der Waals surface area contributed by atoms with Crippen molar-refractivity contribution < 1.29 is 0 Å². The number of hydrogen-bond acceptors (Lipinski definition) is 4. The molecule has 2 heterocycles. The van der Waals surface area contributed by atoms with Crippen LogP contribution in [0.2, 0.25) is 0 Å². The van der Waals surface area contributed by atoms with Crippen molar-refractivity contribution in [3.8, 4) is 0 Å². The summed E-state index contributed by atoms with van der Waals surface area (Å²) in [5.74, 6) is 6.72. The molecule has 4 nitrogen and oxygen atoms in total. The van der Waals surface area contributed by atoms with E-state index < -0.39 is 0 Å². The van der Waals surface area contributed by atoms with E-state index in [1.165, 1.54) is 15.6 Å². The molecule has 98 valence electrons. The topological polar surface area (TPSA) is 55.9 Å². The standard InChI is InChI=1S/C14H16N4S/c1-2-18-8-7-16-14(18)13(17-15)11-9-19-12-6-4-3-5-10(11)12/h3-9,13,17H,2,15H2,1H3. The summed E-state index contributed by atoms with van der Waals surface area (Å²) in [6.45, 7) is 2.99. The normalized spacial score (nSPS) is 12.9. The minimum atomic E-state index is -0.0777. The first-order valence-corrected chi connectivity index (χ1v) is 7.16. The third kappa shape index (κ3) is 2.06. The summed E-state index contributed by atoms with van der Waals surface area (Å²) in [6.07, 6.45) is 3.80. The third-order valence-corrected chi connectivity index (χ3v) is 4.32. The highest BCUT2D eigenvalue weighted by molar-refractivity contribution is 7.17. The number of aromatic nitrogens is 2. The number of aryl methyl sites for hydroxylation is 1. The minimum absolute atomic E-state index is 0.0777. The number of benzene rings is 1. The summed E-state index contributed by atoms with van der Waals surface area (Å²) in [5, 5.41) is 3.39. The van der Waals surface area contributed by atoms with E-state index in [4.69, 9.17) is 5.84 Å². The van der Waals surface area contributed by atoms with E-state index in [9.17, 15) is 0 Å². The van der Waals surface area contributed by atoms with E-state index in [2.05, 4.69) is 51.5 Å². The van der Waals surface area contributed by atoms with Gasteiger partial charge in [-0.1, -0.05) is 18.2 Å². The number of nitrogens with two attached hydrogens (primary N) is 1. The summed E-state index contributed by atoms with van der Waals surface area (Å²) in [6, 6.07) is 8.29. The largest absolute Gasteiger partial charge is 0.334 e. The predicted octanol–water partition coefficient (Wildman–Crippen LogP) is 2.67. The van der Waals surface area contributed by atoms with Gasteiger partial charge in [0.25, 0.3) is 0 Å². The second-order valence-electron chi connectivity index (χ2n) is 4.36. The van der Waals surface area contributed by atoms with Crippen molar-refractivity contribution >= 4 is 21.4 Å². The molecule has 5 heteroatoms. The second-order valence-corrected chi connectivity index (χ2v) is 5.27.